The van der Waals surface area contributed by atoms with Gasteiger partial charge >= 0.3 is 0 Å². The molecule has 2 bridgehead atoms. The maximum Gasteiger partial charge on any atom is 0.230 e. The molecule has 2 aromatic rings. The van der Waals surface area contributed by atoms with E-state index in [1.807, 2.05) is 6.07 Å². The first-order valence-electron chi connectivity index (χ1n) is 13.0. The van der Waals surface area contributed by atoms with Crippen LogP contribution in [0.3, 0.4) is 0 Å². The number of carbonyl (C=O) groups excluding carboxylic acids is 1. The number of nitrogens with zero attached hydrogens (tertiary/aromatic N) is 4. The summed E-state index contributed by atoms with van der Waals surface area (Å²) in [6.07, 6.45) is 8.66. The van der Waals surface area contributed by atoms with E-state index in [4.69, 9.17) is 0 Å². The Bertz CT molecular complexity index is 1250. The molecule has 1 amide bonds. The molecule has 3 N–H and O–H groups in total. The highest BCUT2D eigenvalue weighted by Gasteiger charge is 3.02. The van der Waals surface area contributed by atoms with Gasteiger partial charge in [-0.2, -0.15) is 4.98 Å². The molecule has 1 aliphatic heterocycles. The molecule has 9 heteroatoms. The van der Waals surface area contributed by atoms with Gasteiger partial charge in [-0.1, -0.05) is 12.2 Å². The van der Waals surface area contributed by atoms with Crippen molar-refractivity contribution in [3.8, 4) is 0 Å². The van der Waals surface area contributed by atoms with Gasteiger partial charge < -0.3 is 25.8 Å². The van der Waals surface area contributed by atoms with Gasteiger partial charge in [0, 0.05) is 55.4 Å². The number of aromatic nitrogens is 2. The SMILES string of the molecule is Cc1cc(Nc2ncc(F)c(N[C@]34[C@@H]5C=C[C@@H]3[C@]54C(=O)NC3CCC3)n2)ccc1N1CCN(C)CC1. The molecule has 2 heterocycles. The highest BCUT2D eigenvalue weighted by Crippen LogP contribution is 2.91. The average molecular weight is 490 g/mol. The number of hydrogen-bond donors (Lipinski definition) is 3. The van der Waals surface area contributed by atoms with Gasteiger partial charge in [0.05, 0.1) is 17.2 Å². The van der Waals surface area contributed by atoms with Crippen LogP contribution in [0.1, 0.15) is 24.8 Å². The standard InChI is InChI=1S/C27H32FN7O/c1-16-14-18(6-7-20(16)35-12-10-34(2)11-13-35)31-25-29-15-19(28)23(32-25)33-27-21-8-9-22(27)26(21,27)24(36)30-17-4-3-5-17/h6-9,14-15,17,21-22H,3-5,10-13H2,1-2H3,(H,30,36)(H2,29,31,32,33)/t21-,22-,26-,27+/m1/s1. The van der Waals surface area contributed by atoms with Gasteiger partial charge in [-0.15, -0.1) is 0 Å². The Labute approximate surface area is 210 Å². The van der Waals surface area contributed by atoms with Crippen molar-refractivity contribution in [1.82, 2.24) is 20.2 Å². The summed E-state index contributed by atoms with van der Waals surface area (Å²) in [5.74, 6) is 0.267. The third-order valence-corrected chi connectivity index (χ3v) is 9.16. The van der Waals surface area contributed by atoms with Gasteiger partial charge in [-0.05, 0) is 57.0 Å². The van der Waals surface area contributed by atoms with E-state index in [0.29, 0.717) is 12.0 Å². The Kier molecular flexibility index (Phi) is 4.68. The van der Waals surface area contributed by atoms with Crippen LogP contribution in [0.5, 0.6) is 0 Å². The summed E-state index contributed by atoms with van der Waals surface area (Å²) >= 11 is 0. The lowest BCUT2D eigenvalue weighted by Crippen LogP contribution is -2.44. The second-order valence-electron chi connectivity index (χ2n) is 11.1. The van der Waals surface area contributed by atoms with Crippen LogP contribution in [0, 0.1) is 30.0 Å². The molecule has 8 nitrogen and oxygen atoms in total. The second-order valence-corrected chi connectivity index (χ2v) is 11.1. The van der Waals surface area contributed by atoms with E-state index in [9.17, 15) is 9.18 Å². The fourth-order valence-corrected chi connectivity index (χ4v) is 6.78. The Balaban J connectivity index is 1.06. The third kappa shape index (κ3) is 2.98. The van der Waals surface area contributed by atoms with E-state index in [0.717, 1.165) is 44.7 Å². The van der Waals surface area contributed by atoms with Gasteiger partial charge in [0.25, 0.3) is 0 Å². The van der Waals surface area contributed by atoms with Gasteiger partial charge in [0.2, 0.25) is 11.9 Å². The number of halogens is 1. The number of anilines is 4. The molecule has 4 fully saturated rings. The fourth-order valence-electron chi connectivity index (χ4n) is 6.78. The number of nitrogens with one attached hydrogen (secondary N) is 3. The molecule has 8 rings (SSSR count). The van der Waals surface area contributed by atoms with Crippen molar-refractivity contribution >= 4 is 29.0 Å². The van der Waals surface area contributed by atoms with Gasteiger partial charge in [-0.25, -0.2) is 9.37 Å². The first-order chi connectivity index (χ1) is 17.4. The monoisotopic (exact) mass is 489 g/mol. The van der Waals surface area contributed by atoms with Gasteiger partial charge in [0.1, 0.15) is 0 Å². The highest BCUT2D eigenvalue weighted by molar-refractivity contribution is 6.00. The number of piperazine rings is 1. The zero-order chi connectivity index (χ0) is 24.7. The fraction of sp³-hybridized carbons (Fsp3) is 0.519. The predicted molar refractivity (Wildman–Crippen MR) is 137 cm³/mol. The summed E-state index contributed by atoms with van der Waals surface area (Å²) < 4.78 is 14.8. The summed E-state index contributed by atoms with van der Waals surface area (Å²) in [5.41, 5.74) is 2.36. The van der Waals surface area contributed by atoms with Gasteiger partial charge in [-0.3, -0.25) is 4.79 Å². The van der Waals surface area contributed by atoms with Crippen LogP contribution in [0.25, 0.3) is 0 Å². The molecular formula is C27H32FN7O. The molecule has 1 aromatic heterocycles. The maximum absolute atomic E-state index is 14.8. The molecule has 0 unspecified atom stereocenters. The topological polar surface area (TPSA) is 85.4 Å². The van der Waals surface area contributed by atoms with Crippen LogP contribution in [-0.4, -0.2) is 65.6 Å². The predicted octanol–water partition coefficient (Wildman–Crippen LogP) is 3.05. The smallest absolute Gasteiger partial charge is 0.230 e. The molecule has 3 saturated carbocycles. The first-order valence-corrected chi connectivity index (χ1v) is 13.0. The number of benzene rings is 1. The Morgan fingerprint density at radius 3 is 2.56 bits per heavy atom. The molecule has 2 atom stereocenters. The highest BCUT2D eigenvalue weighted by atomic mass is 19.1. The summed E-state index contributed by atoms with van der Waals surface area (Å²) in [6.45, 7) is 6.24. The zero-order valence-electron chi connectivity index (χ0n) is 20.7. The van der Waals surface area contributed by atoms with Crippen LogP contribution in [0.2, 0.25) is 0 Å². The molecular weight excluding hydrogens is 457 g/mol. The van der Waals surface area contributed by atoms with Crippen molar-refractivity contribution in [1.29, 1.82) is 0 Å². The van der Waals surface area contributed by atoms with Gasteiger partial charge in [0.15, 0.2) is 11.6 Å². The summed E-state index contributed by atoms with van der Waals surface area (Å²) in [4.78, 5) is 26.5. The summed E-state index contributed by atoms with van der Waals surface area (Å²) in [7, 11) is 2.15. The summed E-state index contributed by atoms with van der Waals surface area (Å²) in [5, 5.41) is 9.75. The number of amides is 1. The average Bonchev–Trinajstić information content (AvgIpc) is 3.38. The zero-order valence-corrected chi connectivity index (χ0v) is 20.7. The minimum Gasteiger partial charge on any atom is -0.369 e. The normalized spacial score (nSPS) is 32.0. The van der Waals surface area contributed by atoms with Crippen molar-refractivity contribution < 1.29 is 9.18 Å². The van der Waals surface area contributed by atoms with Crippen LogP contribution < -0.4 is 20.9 Å². The van der Waals surface area contributed by atoms with Crippen molar-refractivity contribution in [2.24, 2.45) is 17.3 Å². The van der Waals surface area contributed by atoms with Crippen LogP contribution in [-0.2, 0) is 4.79 Å². The Morgan fingerprint density at radius 1 is 1.14 bits per heavy atom. The molecule has 1 saturated heterocycles. The van der Waals surface area contributed by atoms with Crippen LogP contribution in [0.15, 0.2) is 36.5 Å². The van der Waals surface area contributed by atoms with Crippen molar-refractivity contribution in [2.75, 3.05) is 48.8 Å². The van der Waals surface area contributed by atoms with Crippen LogP contribution >= 0.6 is 0 Å². The Hall–Kier alpha value is -3.20. The molecule has 188 valence electrons. The number of rotatable bonds is 7. The van der Waals surface area contributed by atoms with E-state index in [1.165, 1.54) is 23.9 Å². The number of hydrogen-bond acceptors (Lipinski definition) is 7. The van der Waals surface area contributed by atoms with Crippen molar-refractivity contribution in [2.45, 2.75) is 37.8 Å². The van der Waals surface area contributed by atoms with E-state index < -0.39 is 16.8 Å². The van der Waals surface area contributed by atoms with Crippen LogP contribution in [0.4, 0.5) is 27.5 Å². The second kappa shape index (κ2) is 7.65. The van der Waals surface area contributed by atoms with E-state index in [-0.39, 0.29) is 23.6 Å². The molecule has 0 spiro atoms. The van der Waals surface area contributed by atoms with E-state index >= 15 is 0 Å². The number of aryl methyl sites for hydroxylation is 1. The molecule has 36 heavy (non-hydrogen) atoms. The lowest BCUT2D eigenvalue weighted by Gasteiger charge is -2.35. The number of carbonyl (C=O) groups is 1. The lowest BCUT2D eigenvalue weighted by atomic mass is 9.92. The quantitative estimate of drug-likeness (QED) is 0.516. The Morgan fingerprint density at radius 2 is 1.89 bits per heavy atom. The number of likely N-dealkylation sites (N-methyl/N-ethyl adjacent to an activating group) is 1. The minimum absolute atomic E-state index is 0.100. The van der Waals surface area contributed by atoms with Crippen molar-refractivity contribution in [3.63, 3.8) is 0 Å². The maximum atomic E-state index is 14.8. The molecule has 0 radical (unpaired) electrons. The lowest BCUT2D eigenvalue weighted by molar-refractivity contribution is -0.126. The molecule has 5 aliphatic carbocycles. The van der Waals surface area contributed by atoms with E-state index in [1.54, 1.807) is 0 Å². The third-order valence-electron chi connectivity index (χ3n) is 9.16. The van der Waals surface area contributed by atoms with E-state index in [2.05, 4.69) is 74.0 Å². The molecule has 1 aromatic carbocycles. The molecule has 6 aliphatic rings. The first kappa shape index (κ1) is 22.0. The minimum atomic E-state index is -0.511. The summed E-state index contributed by atoms with van der Waals surface area (Å²) in [6, 6.07) is 6.51. The van der Waals surface area contributed by atoms with Crippen molar-refractivity contribution in [3.05, 3.63) is 47.9 Å². The largest absolute Gasteiger partial charge is 0.369 e.